The zero-order valence-electron chi connectivity index (χ0n) is 12.3. The summed E-state index contributed by atoms with van der Waals surface area (Å²) < 4.78 is 15.8. The summed E-state index contributed by atoms with van der Waals surface area (Å²) in [5.74, 6) is 0.0716. The summed E-state index contributed by atoms with van der Waals surface area (Å²) in [7, 11) is 2.79. The van der Waals surface area contributed by atoms with Crippen molar-refractivity contribution in [1.29, 1.82) is 0 Å². The minimum Gasteiger partial charge on any atom is -0.497 e. The highest BCUT2D eigenvalue weighted by molar-refractivity contribution is 5.94. The fraction of sp³-hybridized carbons (Fsp3) is 0.154. The number of benzene rings is 1. The summed E-state index contributed by atoms with van der Waals surface area (Å²) in [6.07, 6.45) is 0. The predicted octanol–water partition coefficient (Wildman–Crippen LogP) is 0.695. The van der Waals surface area contributed by atoms with Crippen LogP contribution < -0.4 is 10.5 Å². The van der Waals surface area contributed by atoms with Crippen LogP contribution in [0.5, 0.6) is 5.75 Å². The van der Waals surface area contributed by atoms with Gasteiger partial charge in [-0.05, 0) is 22.4 Å². The van der Waals surface area contributed by atoms with Crippen molar-refractivity contribution in [3.63, 3.8) is 0 Å². The van der Waals surface area contributed by atoms with Crippen molar-refractivity contribution in [1.82, 2.24) is 25.3 Å². The number of ether oxygens (including phenoxy) is 2. The van der Waals surface area contributed by atoms with Crippen LogP contribution in [0.1, 0.15) is 10.5 Å². The van der Waals surface area contributed by atoms with Gasteiger partial charge in [0.15, 0.2) is 5.69 Å². The van der Waals surface area contributed by atoms with Crippen molar-refractivity contribution < 1.29 is 18.9 Å². The molecule has 0 radical (unpaired) electrons. The van der Waals surface area contributed by atoms with Gasteiger partial charge in [0.2, 0.25) is 11.6 Å². The molecule has 23 heavy (non-hydrogen) atoms. The molecule has 10 nitrogen and oxygen atoms in total. The first-order valence-corrected chi connectivity index (χ1v) is 6.42. The third-order valence-electron chi connectivity index (χ3n) is 3.09. The van der Waals surface area contributed by atoms with E-state index in [1.54, 1.807) is 24.3 Å². The van der Waals surface area contributed by atoms with Gasteiger partial charge in [0, 0.05) is 5.56 Å². The Morgan fingerprint density at radius 1 is 1.30 bits per heavy atom. The fourth-order valence-corrected chi connectivity index (χ4v) is 2.03. The van der Waals surface area contributed by atoms with Gasteiger partial charge < -0.3 is 15.2 Å². The van der Waals surface area contributed by atoms with Gasteiger partial charge in [-0.15, -0.1) is 5.10 Å². The van der Waals surface area contributed by atoms with Crippen LogP contribution in [0.2, 0.25) is 0 Å². The summed E-state index contributed by atoms with van der Waals surface area (Å²) in [5.41, 5.74) is 6.64. The second-order valence-corrected chi connectivity index (χ2v) is 4.40. The first-order chi connectivity index (χ1) is 11.2. The van der Waals surface area contributed by atoms with Gasteiger partial charge in [0.1, 0.15) is 11.4 Å². The number of carbonyl (C=O) groups excluding carboxylic acids is 1. The number of hydrogen-bond donors (Lipinski definition) is 1. The van der Waals surface area contributed by atoms with Crippen molar-refractivity contribution in [2.45, 2.75) is 0 Å². The van der Waals surface area contributed by atoms with E-state index in [0.29, 0.717) is 17.0 Å². The molecule has 0 aliphatic rings. The smallest absolute Gasteiger partial charge is 0.360 e. The van der Waals surface area contributed by atoms with Crippen molar-refractivity contribution in [3.05, 3.63) is 30.0 Å². The molecule has 118 valence electrons. The van der Waals surface area contributed by atoms with E-state index in [9.17, 15) is 4.79 Å². The number of carbonyl (C=O) groups is 1. The van der Waals surface area contributed by atoms with E-state index in [0.717, 1.165) is 0 Å². The second-order valence-electron chi connectivity index (χ2n) is 4.40. The van der Waals surface area contributed by atoms with Crippen LogP contribution in [-0.2, 0) is 4.74 Å². The number of nitrogen functional groups attached to an aromatic ring is 1. The van der Waals surface area contributed by atoms with Crippen molar-refractivity contribution in [3.8, 4) is 22.8 Å². The van der Waals surface area contributed by atoms with E-state index in [-0.39, 0.29) is 17.3 Å². The minimum atomic E-state index is -0.649. The Hall–Kier alpha value is -3.43. The van der Waals surface area contributed by atoms with Gasteiger partial charge in [0.05, 0.1) is 14.2 Å². The van der Waals surface area contributed by atoms with Crippen molar-refractivity contribution in [2.75, 3.05) is 20.0 Å². The molecule has 3 aromatic rings. The summed E-state index contributed by atoms with van der Waals surface area (Å²) in [4.78, 5) is 12.0. The molecule has 3 rings (SSSR count). The number of hydrogen-bond acceptors (Lipinski definition) is 9. The number of esters is 1. The molecule has 0 aliphatic carbocycles. The highest BCUT2D eigenvalue weighted by atomic mass is 16.6. The third-order valence-corrected chi connectivity index (χ3v) is 3.09. The molecule has 2 aromatic heterocycles. The Bertz CT molecular complexity index is 856. The number of methoxy groups -OCH3 is 2. The number of rotatable bonds is 4. The first kappa shape index (κ1) is 14.5. The zero-order chi connectivity index (χ0) is 16.4. The van der Waals surface area contributed by atoms with Crippen LogP contribution in [0.4, 0.5) is 5.82 Å². The van der Waals surface area contributed by atoms with Gasteiger partial charge in [0.25, 0.3) is 0 Å². The zero-order valence-corrected chi connectivity index (χ0v) is 12.3. The van der Waals surface area contributed by atoms with Gasteiger partial charge >= 0.3 is 5.97 Å². The van der Waals surface area contributed by atoms with Crippen molar-refractivity contribution in [2.24, 2.45) is 0 Å². The monoisotopic (exact) mass is 316 g/mol. The maximum atomic E-state index is 12.0. The SMILES string of the molecule is COC(=O)c1nnn(-c2nonc2N)c1-c1cccc(OC)c1. The number of nitrogens with two attached hydrogens (primary N) is 1. The Morgan fingerprint density at radius 2 is 2.13 bits per heavy atom. The first-order valence-electron chi connectivity index (χ1n) is 6.42. The Balaban J connectivity index is 2.25. The average Bonchev–Trinajstić information content (AvgIpc) is 3.19. The summed E-state index contributed by atoms with van der Waals surface area (Å²) >= 11 is 0. The molecule has 2 N–H and O–H groups in total. The fourth-order valence-electron chi connectivity index (χ4n) is 2.03. The maximum absolute atomic E-state index is 12.0. The van der Waals surface area contributed by atoms with Crippen LogP contribution in [0.25, 0.3) is 17.1 Å². The molecule has 2 heterocycles. The highest BCUT2D eigenvalue weighted by Crippen LogP contribution is 2.29. The molecule has 0 spiro atoms. The van der Waals surface area contributed by atoms with E-state index in [1.165, 1.54) is 18.9 Å². The third kappa shape index (κ3) is 2.46. The van der Waals surface area contributed by atoms with Gasteiger partial charge in [-0.25, -0.2) is 9.42 Å². The molecule has 0 atom stereocenters. The molecule has 0 aliphatic heterocycles. The normalized spacial score (nSPS) is 10.5. The van der Waals surface area contributed by atoms with E-state index in [4.69, 9.17) is 15.2 Å². The molecular formula is C13H12N6O4. The van der Waals surface area contributed by atoms with E-state index in [2.05, 4.69) is 25.3 Å². The largest absolute Gasteiger partial charge is 0.497 e. The lowest BCUT2D eigenvalue weighted by molar-refractivity contribution is 0.0595. The van der Waals surface area contributed by atoms with Crippen LogP contribution >= 0.6 is 0 Å². The van der Waals surface area contributed by atoms with E-state index < -0.39 is 5.97 Å². The molecule has 0 unspecified atom stereocenters. The topological polar surface area (TPSA) is 131 Å². The van der Waals surface area contributed by atoms with Crippen LogP contribution in [0.15, 0.2) is 28.9 Å². The van der Waals surface area contributed by atoms with Gasteiger partial charge in [-0.1, -0.05) is 17.3 Å². The maximum Gasteiger partial charge on any atom is 0.360 e. The molecule has 0 saturated carbocycles. The summed E-state index contributed by atoms with van der Waals surface area (Å²) in [5, 5.41) is 14.9. The molecule has 0 fully saturated rings. The molecule has 1 aromatic carbocycles. The molecule has 0 saturated heterocycles. The average molecular weight is 316 g/mol. The predicted molar refractivity (Wildman–Crippen MR) is 77.0 cm³/mol. The van der Waals surface area contributed by atoms with Gasteiger partial charge in [-0.2, -0.15) is 4.68 Å². The van der Waals surface area contributed by atoms with Crippen LogP contribution in [0, 0.1) is 0 Å². The van der Waals surface area contributed by atoms with Crippen molar-refractivity contribution >= 4 is 11.8 Å². The molecule has 0 amide bonds. The molecule has 10 heteroatoms. The van der Waals surface area contributed by atoms with Gasteiger partial charge in [-0.3, -0.25) is 0 Å². The van der Waals surface area contributed by atoms with E-state index >= 15 is 0 Å². The lowest BCUT2D eigenvalue weighted by Gasteiger charge is -2.07. The van der Waals surface area contributed by atoms with Crippen LogP contribution in [0.3, 0.4) is 0 Å². The Kier molecular flexibility index (Phi) is 3.63. The summed E-state index contributed by atoms with van der Waals surface area (Å²) in [6, 6.07) is 7.00. The number of anilines is 1. The molecule has 0 bridgehead atoms. The highest BCUT2D eigenvalue weighted by Gasteiger charge is 2.25. The van der Waals surface area contributed by atoms with Crippen LogP contribution in [-0.4, -0.2) is 45.5 Å². The quantitative estimate of drug-likeness (QED) is 0.690. The number of nitrogens with zero attached hydrogens (tertiary/aromatic N) is 5. The Labute approximate surface area is 129 Å². The Morgan fingerprint density at radius 3 is 2.78 bits per heavy atom. The molecular weight excluding hydrogens is 304 g/mol. The summed E-state index contributed by atoms with van der Waals surface area (Å²) in [6.45, 7) is 0. The number of aromatic nitrogens is 5. The second kappa shape index (κ2) is 5.75. The standard InChI is InChI=1S/C13H12N6O4/c1-21-8-5-3-4-7(6-8)10-9(13(20)22-2)15-18-19(10)12-11(14)16-23-17-12/h3-6H,1-2H3,(H2,14,16). The van der Waals surface area contributed by atoms with E-state index in [1.807, 2.05) is 0 Å². The minimum absolute atomic E-state index is 0.00292. The lowest BCUT2D eigenvalue weighted by Crippen LogP contribution is -2.07. The lowest BCUT2D eigenvalue weighted by atomic mass is 10.1.